The topological polar surface area (TPSA) is 32.3 Å². The largest absolute Gasteiger partial charge is 0.416 e. The highest BCUT2D eigenvalue weighted by molar-refractivity contribution is 7.99. The first kappa shape index (κ1) is 24.9. The van der Waals surface area contributed by atoms with Crippen LogP contribution in [0.4, 0.5) is 13.2 Å². The Balaban J connectivity index is 1.82. The number of benzene rings is 2. The summed E-state index contributed by atoms with van der Waals surface area (Å²) in [6.07, 6.45) is -1.56. The molecule has 1 aliphatic heterocycles. The normalized spacial score (nSPS) is 15.1. The van der Waals surface area contributed by atoms with Crippen molar-refractivity contribution in [3.63, 3.8) is 0 Å². The van der Waals surface area contributed by atoms with E-state index in [1.54, 1.807) is 11.8 Å². The first-order valence-corrected chi connectivity index (χ1v) is 12.2. The molecule has 1 amide bonds. The van der Waals surface area contributed by atoms with Gasteiger partial charge in [-0.2, -0.15) is 13.2 Å². The minimum absolute atomic E-state index is 0.0201. The summed E-state index contributed by atoms with van der Waals surface area (Å²) in [5.41, 5.74) is 1.12. The number of amides is 1. The Morgan fingerprint density at radius 1 is 1.16 bits per heavy atom. The smallest absolute Gasteiger partial charge is 0.348 e. The molecule has 1 N–H and O–H groups in total. The van der Waals surface area contributed by atoms with Gasteiger partial charge in [0, 0.05) is 28.6 Å². The molecule has 0 aliphatic carbocycles. The van der Waals surface area contributed by atoms with Crippen molar-refractivity contribution in [1.82, 2.24) is 10.2 Å². The Morgan fingerprint density at radius 3 is 2.53 bits per heavy atom. The fourth-order valence-corrected chi connectivity index (χ4v) is 5.01. The second kappa shape index (κ2) is 10.9. The molecule has 0 radical (unpaired) electrons. The van der Waals surface area contributed by atoms with E-state index in [1.807, 2.05) is 36.9 Å². The van der Waals surface area contributed by atoms with E-state index in [0.29, 0.717) is 0 Å². The fourth-order valence-electron chi connectivity index (χ4n) is 3.94. The van der Waals surface area contributed by atoms with Gasteiger partial charge in [0.1, 0.15) is 0 Å². The van der Waals surface area contributed by atoms with Crippen LogP contribution in [0, 0.1) is 6.92 Å². The first-order chi connectivity index (χ1) is 15.2. The summed E-state index contributed by atoms with van der Waals surface area (Å²) >= 11 is 7.96. The number of alkyl halides is 3. The predicted octanol–water partition coefficient (Wildman–Crippen LogP) is 6.70. The second-order valence-corrected chi connectivity index (χ2v) is 9.76. The Hall–Kier alpha value is -1.70. The van der Waals surface area contributed by atoms with Crippen molar-refractivity contribution in [3.05, 3.63) is 63.2 Å². The van der Waals surface area contributed by atoms with Crippen molar-refractivity contribution < 1.29 is 18.0 Å². The molecule has 0 saturated carbocycles. The van der Waals surface area contributed by atoms with E-state index in [4.69, 9.17) is 11.6 Å². The van der Waals surface area contributed by atoms with Gasteiger partial charge < -0.3 is 5.32 Å². The minimum Gasteiger partial charge on any atom is -0.348 e. The Bertz CT molecular complexity index is 959. The average Bonchev–Trinajstić information content (AvgIpc) is 2.75. The van der Waals surface area contributed by atoms with Crippen LogP contribution in [-0.4, -0.2) is 29.6 Å². The lowest BCUT2D eigenvalue weighted by atomic mass is 10.0. The number of piperidine rings is 1. The van der Waals surface area contributed by atoms with Gasteiger partial charge in [-0.15, -0.1) is 11.8 Å². The zero-order valence-electron chi connectivity index (χ0n) is 18.3. The maximum Gasteiger partial charge on any atom is 0.416 e. The van der Waals surface area contributed by atoms with Gasteiger partial charge in [0.15, 0.2) is 0 Å². The van der Waals surface area contributed by atoms with Gasteiger partial charge in [-0.3, -0.25) is 9.69 Å². The molecule has 1 heterocycles. The van der Waals surface area contributed by atoms with E-state index in [-0.39, 0.29) is 29.2 Å². The predicted molar refractivity (Wildman–Crippen MR) is 124 cm³/mol. The van der Waals surface area contributed by atoms with Gasteiger partial charge in [0.25, 0.3) is 5.91 Å². The minimum atomic E-state index is -4.59. The van der Waals surface area contributed by atoms with Crippen LogP contribution < -0.4 is 5.32 Å². The number of halogens is 4. The molecular weight excluding hydrogens is 457 g/mol. The van der Waals surface area contributed by atoms with Crippen molar-refractivity contribution in [2.45, 2.75) is 57.3 Å². The summed E-state index contributed by atoms with van der Waals surface area (Å²) in [6.45, 7) is 5.88. The van der Waals surface area contributed by atoms with Gasteiger partial charge in [-0.1, -0.05) is 42.6 Å². The van der Waals surface area contributed by atoms with Crippen molar-refractivity contribution in [1.29, 1.82) is 0 Å². The number of nitrogens with zero attached hydrogens (tertiary/aromatic N) is 1. The van der Waals surface area contributed by atoms with Crippen molar-refractivity contribution in [2.24, 2.45) is 0 Å². The summed E-state index contributed by atoms with van der Waals surface area (Å²) < 4.78 is 41.5. The Labute approximate surface area is 196 Å². The number of likely N-dealkylation sites (tertiary alicyclic amines) is 1. The Kier molecular flexibility index (Phi) is 8.53. The van der Waals surface area contributed by atoms with Crippen LogP contribution in [0.2, 0.25) is 5.02 Å². The van der Waals surface area contributed by atoms with E-state index in [2.05, 4.69) is 5.32 Å². The molecule has 1 aliphatic rings. The molecule has 0 atom stereocenters. The van der Waals surface area contributed by atoms with Gasteiger partial charge >= 0.3 is 6.18 Å². The highest BCUT2D eigenvalue weighted by atomic mass is 35.5. The molecule has 174 valence electrons. The van der Waals surface area contributed by atoms with E-state index in [9.17, 15) is 18.0 Å². The van der Waals surface area contributed by atoms with Crippen molar-refractivity contribution in [3.8, 4) is 0 Å². The summed E-state index contributed by atoms with van der Waals surface area (Å²) in [5.74, 6) is 0.309. The number of hydrogen-bond donors (Lipinski definition) is 1. The molecule has 2 aromatic rings. The summed E-state index contributed by atoms with van der Waals surface area (Å²) in [5, 5.41) is 2.74. The van der Waals surface area contributed by atoms with Crippen LogP contribution in [0.3, 0.4) is 0 Å². The number of aryl methyl sites for hydroxylation is 1. The molecule has 1 saturated heterocycles. The maximum absolute atomic E-state index is 13.8. The summed E-state index contributed by atoms with van der Waals surface area (Å²) in [4.78, 5) is 15.8. The highest BCUT2D eigenvalue weighted by Gasteiger charge is 2.36. The molecular formula is C24H28ClF3N2OS. The molecule has 3 rings (SSSR count). The molecule has 3 nitrogen and oxygen atoms in total. The third-order valence-corrected chi connectivity index (χ3v) is 6.88. The van der Waals surface area contributed by atoms with Gasteiger partial charge in [-0.05, 0) is 67.9 Å². The molecule has 1 fully saturated rings. The lowest BCUT2D eigenvalue weighted by Crippen LogP contribution is -2.30. The van der Waals surface area contributed by atoms with Crippen LogP contribution in [0.5, 0.6) is 0 Å². The third kappa shape index (κ3) is 6.42. The highest BCUT2D eigenvalue weighted by Crippen LogP contribution is 2.37. The molecule has 0 aromatic heterocycles. The molecule has 32 heavy (non-hydrogen) atoms. The van der Waals surface area contributed by atoms with E-state index in [1.165, 1.54) is 6.07 Å². The number of carbonyl (C=O) groups excluding carboxylic acids is 1. The van der Waals surface area contributed by atoms with Crippen LogP contribution in [0.1, 0.15) is 58.8 Å². The maximum atomic E-state index is 13.8. The van der Waals surface area contributed by atoms with E-state index >= 15 is 0 Å². The number of hydrogen-bond acceptors (Lipinski definition) is 3. The SMILES string of the molecule is CCSc1ccc(C)cc1CNC(=O)c1cc(Cl)c(CN2CCCCC2)c(C(F)(F)F)c1. The van der Waals surface area contributed by atoms with Crippen molar-refractivity contribution in [2.75, 3.05) is 18.8 Å². The lowest BCUT2D eigenvalue weighted by Gasteiger charge is -2.28. The fraction of sp³-hybridized carbons (Fsp3) is 0.458. The van der Waals surface area contributed by atoms with E-state index in [0.717, 1.165) is 60.2 Å². The van der Waals surface area contributed by atoms with Gasteiger partial charge in [0.05, 0.1) is 5.56 Å². The number of nitrogens with one attached hydrogen (secondary N) is 1. The molecule has 8 heteroatoms. The van der Waals surface area contributed by atoms with Crippen LogP contribution in [-0.2, 0) is 19.3 Å². The first-order valence-electron chi connectivity index (χ1n) is 10.8. The van der Waals surface area contributed by atoms with Crippen LogP contribution in [0.25, 0.3) is 0 Å². The van der Waals surface area contributed by atoms with Gasteiger partial charge in [-0.25, -0.2) is 0 Å². The average molecular weight is 485 g/mol. The lowest BCUT2D eigenvalue weighted by molar-refractivity contribution is -0.138. The summed E-state index contributed by atoms with van der Waals surface area (Å²) in [6, 6.07) is 8.26. The van der Waals surface area contributed by atoms with Crippen LogP contribution >= 0.6 is 23.4 Å². The number of rotatable bonds is 7. The molecule has 2 aromatic carbocycles. The standard InChI is InChI=1S/C24H28ClF3N2OS/c1-3-32-22-8-7-16(2)11-18(22)14-29-23(31)17-12-20(24(26,27)28)19(21(25)13-17)15-30-9-5-4-6-10-30/h7-8,11-13H,3-6,9-10,14-15H2,1-2H3,(H,29,31). The summed E-state index contributed by atoms with van der Waals surface area (Å²) in [7, 11) is 0. The molecule has 0 unspecified atom stereocenters. The zero-order chi connectivity index (χ0) is 23.3. The zero-order valence-corrected chi connectivity index (χ0v) is 19.9. The van der Waals surface area contributed by atoms with Crippen molar-refractivity contribution >= 4 is 29.3 Å². The molecule has 0 bridgehead atoms. The van der Waals surface area contributed by atoms with Crippen LogP contribution in [0.15, 0.2) is 35.2 Å². The Morgan fingerprint density at radius 2 is 1.88 bits per heavy atom. The molecule has 0 spiro atoms. The monoisotopic (exact) mass is 484 g/mol. The van der Waals surface area contributed by atoms with Gasteiger partial charge in [0.2, 0.25) is 0 Å². The quantitative estimate of drug-likeness (QED) is 0.444. The third-order valence-electron chi connectivity index (χ3n) is 5.55. The number of thioether (sulfide) groups is 1. The second-order valence-electron chi connectivity index (χ2n) is 8.05. The number of carbonyl (C=O) groups is 1. The van der Waals surface area contributed by atoms with E-state index < -0.39 is 17.6 Å².